The normalized spacial score (nSPS) is 11.4. The summed E-state index contributed by atoms with van der Waals surface area (Å²) in [7, 11) is 0. The Morgan fingerprint density at radius 1 is 0.259 bits per heavy atom. The van der Waals surface area contributed by atoms with Gasteiger partial charge in [-0.2, -0.15) is 0 Å². The Kier molecular flexibility index (Phi) is 9.50. The summed E-state index contributed by atoms with van der Waals surface area (Å²) in [6.45, 7) is 0. The van der Waals surface area contributed by atoms with E-state index in [9.17, 15) is 0 Å². The molecule has 274 valence electrons. The van der Waals surface area contributed by atoms with E-state index in [4.69, 9.17) is 0 Å². The zero-order valence-corrected chi connectivity index (χ0v) is 34.2. The first kappa shape index (κ1) is 35.5. The van der Waals surface area contributed by atoms with Crippen molar-refractivity contribution < 1.29 is 0 Å². The fraction of sp³-hybridized carbons (Fsp3) is 0. The monoisotopic (exact) mass is 801 g/mol. The van der Waals surface area contributed by atoms with Crippen LogP contribution in [0.25, 0.3) is 43.8 Å². The summed E-state index contributed by atoms with van der Waals surface area (Å²) in [5, 5.41) is 4.91. The molecule has 0 aliphatic carbocycles. The third-order valence-electron chi connectivity index (χ3n) is 11.6. The van der Waals surface area contributed by atoms with E-state index in [0.717, 1.165) is 17.1 Å². The Hall–Kier alpha value is -6.94. The van der Waals surface area contributed by atoms with Crippen LogP contribution in [0.3, 0.4) is 0 Å². The van der Waals surface area contributed by atoms with E-state index in [1.54, 1.807) is 0 Å². The van der Waals surface area contributed by atoms with E-state index in [1.165, 1.54) is 61.4 Å². The summed E-state index contributed by atoms with van der Waals surface area (Å²) in [4.78, 5) is 2.39. The number of fused-ring (bicyclic) bond motifs is 2. The molecule has 0 fully saturated rings. The molecule has 0 aliphatic rings. The van der Waals surface area contributed by atoms with Gasteiger partial charge in [-0.05, 0) is 34.4 Å². The second-order valence-corrected chi connectivity index (χ2v) is 22.9. The SMILES string of the molecule is c1cc[c]([Ge]([c]2ccccc2)([c]2ccccc2)[c]2ccc(-c3ccc(-c4ccc(N(c5ccc6ccccc6c5)c5cccc6ccccc56)cc4)cc3)cc2)cc1. The molecule has 10 aromatic rings. The fourth-order valence-corrected chi connectivity index (χ4v) is 18.7. The van der Waals surface area contributed by atoms with Crippen LogP contribution in [0.2, 0.25) is 0 Å². The van der Waals surface area contributed by atoms with E-state index >= 15 is 0 Å². The first-order valence-electron chi connectivity index (χ1n) is 20.0. The predicted molar refractivity (Wildman–Crippen MR) is 251 cm³/mol. The number of nitrogens with zero attached hydrogens (tertiary/aromatic N) is 1. The predicted octanol–water partition coefficient (Wildman–Crippen LogP) is 12.2. The molecule has 0 radical (unpaired) electrons. The molecule has 0 saturated heterocycles. The summed E-state index contributed by atoms with van der Waals surface area (Å²) in [6.07, 6.45) is 0. The van der Waals surface area contributed by atoms with Crippen molar-refractivity contribution in [1.82, 2.24) is 0 Å². The van der Waals surface area contributed by atoms with Gasteiger partial charge in [0.15, 0.2) is 0 Å². The number of rotatable bonds is 9. The number of anilines is 3. The van der Waals surface area contributed by atoms with E-state index in [0.29, 0.717) is 0 Å². The Labute approximate surface area is 343 Å². The number of hydrogen-bond acceptors (Lipinski definition) is 1. The molecule has 0 atom stereocenters. The van der Waals surface area contributed by atoms with Gasteiger partial charge in [0.1, 0.15) is 0 Å². The average molecular weight is 801 g/mol. The molecule has 0 unspecified atom stereocenters. The molecule has 0 aromatic heterocycles. The molecule has 0 aliphatic heterocycles. The average Bonchev–Trinajstić information content (AvgIpc) is 3.31. The van der Waals surface area contributed by atoms with Crippen molar-refractivity contribution in [2.45, 2.75) is 0 Å². The molecule has 0 bridgehead atoms. The van der Waals surface area contributed by atoms with Gasteiger partial charge in [0.05, 0.1) is 5.69 Å². The Balaban J connectivity index is 0.979. The van der Waals surface area contributed by atoms with Crippen molar-refractivity contribution in [3.8, 4) is 22.3 Å². The van der Waals surface area contributed by atoms with Gasteiger partial charge in [-0.3, -0.25) is 0 Å². The van der Waals surface area contributed by atoms with Crippen LogP contribution in [0.4, 0.5) is 17.1 Å². The molecule has 1 nitrogen and oxygen atoms in total. The first-order valence-corrected chi connectivity index (χ1v) is 24.2. The van der Waals surface area contributed by atoms with Gasteiger partial charge >= 0.3 is 223 Å². The summed E-state index contributed by atoms with van der Waals surface area (Å²) in [5.41, 5.74) is 8.23. The third kappa shape index (κ3) is 6.50. The van der Waals surface area contributed by atoms with Crippen molar-refractivity contribution in [2.75, 3.05) is 4.90 Å². The summed E-state index contributed by atoms with van der Waals surface area (Å²) < 4.78 is 5.71. The molecule has 10 rings (SSSR count). The quantitative estimate of drug-likeness (QED) is 0.131. The first-order chi connectivity index (χ1) is 28.8. The molecule has 10 aromatic carbocycles. The minimum atomic E-state index is -3.30. The Bertz CT molecular complexity index is 2860. The maximum atomic E-state index is 2.40. The van der Waals surface area contributed by atoms with Crippen LogP contribution in [0.5, 0.6) is 0 Å². The summed E-state index contributed by atoms with van der Waals surface area (Å²) >= 11 is -3.30. The number of benzene rings is 10. The molecule has 0 heterocycles. The molecule has 0 saturated carbocycles. The van der Waals surface area contributed by atoms with Crippen LogP contribution in [-0.2, 0) is 0 Å². The van der Waals surface area contributed by atoms with Crippen LogP contribution in [-0.4, -0.2) is 13.3 Å². The van der Waals surface area contributed by atoms with Gasteiger partial charge in [0.2, 0.25) is 0 Å². The van der Waals surface area contributed by atoms with Gasteiger partial charge in [-0.15, -0.1) is 0 Å². The van der Waals surface area contributed by atoms with E-state index in [-0.39, 0.29) is 0 Å². The Morgan fingerprint density at radius 3 is 1.21 bits per heavy atom. The van der Waals surface area contributed by atoms with Crippen molar-refractivity contribution in [2.24, 2.45) is 0 Å². The topological polar surface area (TPSA) is 3.24 Å². The van der Waals surface area contributed by atoms with Crippen molar-refractivity contribution in [1.29, 1.82) is 0 Å². The van der Waals surface area contributed by atoms with E-state index in [2.05, 4.69) is 254 Å². The molecule has 58 heavy (non-hydrogen) atoms. The molecule has 0 spiro atoms. The van der Waals surface area contributed by atoms with Crippen LogP contribution in [0.1, 0.15) is 0 Å². The molecular formula is C56H41GeN. The second kappa shape index (κ2) is 15.5. The molecule has 2 heteroatoms. The maximum absolute atomic E-state index is 3.30. The molecule has 0 amide bonds. The van der Waals surface area contributed by atoms with Gasteiger partial charge in [0.25, 0.3) is 0 Å². The summed E-state index contributed by atoms with van der Waals surface area (Å²) in [5.74, 6) is 0. The van der Waals surface area contributed by atoms with Gasteiger partial charge < -0.3 is 4.90 Å². The Morgan fingerprint density at radius 2 is 0.655 bits per heavy atom. The van der Waals surface area contributed by atoms with Crippen LogP contribution in [0, 0.1) is 0 Å². The van der Waals surface area contributed by atoms with Crippen molar-refractivity contribution >= 4 is 69.5 Å². The fourth-order valence-electron chi connectivity index (χ4n) is 8.78. The van der Waals surface area contributed by atoms with Crippen LogP contribution in [0.15, 0.2) is 249 Å². The van der Waals surface area contributed by atoms with E-state index in [1.807, 2.05) is 0 Å². The third-order valence-corrected chi connectivity index (χ3v) is 21.7. The van der Waals surface area contributed by atoms with Gasteiger partial charge in [-0.25, -0.2) is 0 Å². The summed E-state index contributed by atoms with van der Waals surface area (Å²) in [6, 6.07) is 91.6. The van der Waals surface area contributed by atoms with Gasteiger partial charge in [-0.1, -0.05) is 66.7 Å². The second-order valence-electron chi connectivity index (χ2n) is 14.9. The minimum absolute atomic E-state index is 1.12. The number of hydrogen-bond donors (Lipinski definition) is 0. The van der Waals surface area contributed by atoms with Crippen LogP contribution < -0.4 is 22.5 Å². The van der Waals surface area contributed by atoms with Crippen molar-refractivity contribution in [3.63, 3.8) is 0 Å². The van der Waals surface area contributed by atoms with Gasteiger partial charge in [0, 0.05) is 11.1 Å². The zero-order chi connectivity index (χ0) is 38.7. The van der Waals surface area contributed by atoms with E-state index < -0.39 is 13.3 Å². The molecular weight excluding hydrogens is 759 g/mol. The molecule has 0 N–H and O–H groups in total. The zero-order valence-electron chi connectivity index (χ0n) is 32.1. The van der Waals surface area contributed by atoms with Crippen molar-refractivity contribution in [3.05, 3.63) is 249 Å². The van der Waals surface area contributed by atoms with Crippen LogP contribution >= 0.6 is 0 Å². The standard InChI is InChI=1S/C56H41GeN/c1-4-19-49(20-5-1)57(50-21-6-2-7-22-50,51-23-8-3-9-24-51)52-36-31-45(32-37-52)43-27-29-44(30-28-43)46-33-38-53(39-34-46)58(54-40-35-42-15-10-11-17-48(42)41-54)56-26-14-18-47-16-12-13-25-55(47)56/h1-41H.